The Morgan fingerprint density at radius 1 is 1.26 bits per heavy atom. The number of aryl methyl sites for hydroxylation is 1. The normalized spacial score (nSPS) is 10.2. The molecule has 0 unspecified atom stereocenters. The van der Waals surface area contributed by atoms with Crippen LogP contribution in [0.1, 0.15) is 21.5 Å². The zero-order valence-corrected chi connectivity index (χ0v) is 10.7. The van der Waals surface area contributed by atoms with Crippen LogP contribution in [0.4, 0.5) is 4.39 Å². The van der Waals surface area contributed by atoms with Crippen molar-refractivity contribution in [3.63, 3.8) is 0 Å². The van der Waals surface area contributed by atoms with Crippen molar-refractivity contribution in [2.24, 2.45) is 0 Å². The van der Waals surface area contributed by atoms with E-state index >= 15 is 0 Å². The third-order valence-electron chi connectivity index (χ3n) is 2.90. The van der Waals surface area contributed by atoms with Gasteiger partial charge in [0.1, 0.15) is 5.82 Å². The topological polar surface area (TPSA) is 42.0 Å². The van der Waals surface area contributed by atoms with Gasteiger partial charge in [-0.3, -0.25) is 9.78 Å². The monoisotopic (exact) mass is 258 g/mol. The summed E-state index contributed by atoms with van der Waals surface area (Å²) in [5, 5.41) is 2.83. The van der Waals surface area contributed by atoms with Gasteiger partial charge in [0, 0.05) is 18.9 Å². The molecule has 3 nitrogen and oxygen atoms in total. The number of halogens is 1. The van der Waals surface area contributed by atoms with Gasteiger partial charge in [-0.25, -0.2) is 4.39 Å². The van der Waals surface area contributed by atoms with Crippen LogP contribution in [0, 0.1) is 12.7 Å². The summed E-state index contributed by atoms with van der Waals surface area (Å²) >= 11 is 0. The average molecular weight is 258 g/mol. The Bertz CT molecular complexity index is 567. The van der Waals surface area contributed by atoms with Gasteiger partial charge < -0.3 is 5.32 Å². The molecule has 1 N–H and O–H groups in total. The Labute approximate surface area is 111 Å². The molecule has 0 bridgehead atoms. The first-order valence-corrected chi connectivity index (χ1v) is 6.10. The van der Waals surface area contributed by atoms with Crippen LogP contribution < -0.4 is 5.32 Å². The van der Waals surface area contributed by atoms with Gasteiger partial charge in [0.05, 0.1) is 5.56 Å². The number of carbonyl (C=O) groups is 1. The molecular weight excluding hydrogens is 243 g/mol. The lowest BCUT2D eigenvalue weighted by Crippen LogP contribution is -2.26. The fourth-order valence-electron chi connectivity index (χ4n) is 1.77. The molecule has 19 heavy (non-hydrogen) atoms. The fourth-order valence-corrected chi connectivity index (χ4v) is 1.77. The SMILES string of the molecule is Cc1ccncc1C(=O)NCCc1ccc(F)cc1. The molecule has 98 valence electrons. The summed E-state index contributed by atoms with van der Waals surface area (Å²) in [5.41, 5.74) is 2.47. The van der Waals surface area contributed by atoms with Crippen LogP contribution in [0.25, 0.3) is 0 Å². The van der Waals surface area contributed by atoms with E-state index in [0.29, 0.717) is 18.5 Å². The first-order valence-electron chi connectivity index (χ1n) is 6.10. The molecule has 0 radical (unpaired) electrons. The fraction of sp³-hybridized carbons (Fsp3) is 0.200. The highest BCUT2D eigenvalue weighted by Gasteiger charge is 2.07. The highest BCUT2D eigenvalue weighted by atomic mass is 19.1. The maximum Gasteiger partial charge on any atom is 0.253 e. The molecule has 1 heterocycles. The van der Waals surface area contributed by atoms with Crippen LogP contribution in [-0.4, -0.2) is 17.4 Å². The van der Waals surface area contributed by atoms with Gasteiger partial charge in [0.2, 0.25) is 0 Å². The van der Waals surface area contributed by atoms with Crippen molar-refractivity contribution in [1.82, 2.24) is 10.3 Å². The van der Waals surface area contributed by atoms with Crippen LogP contribution >= 0.6 is 0 Å². The molecule has 1 aromatic heterocycles. The van der Waals surface area contributed by atoms with Gasteiger partial charge in [-0.2, -0.15) is 0 Å². The lowest BCUT2D eigenvalue weighted by Gasteiger charge is -2.07. The molecular formula is C15H15FN2O. The molecule has 0 fully saturated rings. The van der Waals surface area contributed by atoms with Gasteiger partial charge >= 0.3 is 0 Å². The Morgan fingerprint density at radius 2 is 2.00 bits per heavy atom. The van der Waals surface area contributed by atoms with Crippen LogP contribution in [0.2, 0.25) is 0 Å². The molecule has 0 saturated carbocycles. The molecule has 0 aliphatic heterocycles. The molecule has 0 aliphatic rings. The summed E-state index contributed by atoms with van der Waals surface area (Å²) in [7, 11) is 0. The minimum Gasteiger partial charge on any atom is -0.352 e. The van der Waals surface area contributed by atoms with Crippen LogP contribution in [0.15, 0.2) is 42.7 Å². The Hall–Kier alpha value is -2.23. The number of carbonyl (C=O) groups excluding carboxylic acids is 1. The summed E-state index contributed by atoms with van der Waals surface area (Å²) in [6.07, 6.45) is 3.89. The van der Waals surface area contributed by atoms with Gasteiger partial charge in [-0.05, 0) is 42.7 Å². The molecule has 4 heteroatoms. The largest absolute Gasteiger partial charge is 0.352 e. The number of nitrogens with one attached hydrogen (secondary N) is 1. The maximum atomic E-state index is 12.7. The van der Waals surface area contributed by atoms with E-state index in [1.54, 1.807) is 30.6 Å². The predicted octanol–water partition coefficient (Wildman–Crippen LogP) is 2.50. The number of nitrogens with zero attached hydrogens (tertiary/aromatic N) is 1. The summed E-state index contributed by atoms with van der Waals surface area (Å²) in [6, 6.07) is 8.08. The van der Waals surface area contributed by atoms with E-state index in [0.717, 1.165) is 11.1 Å². The quantitative estimate of drug-likeness (QED) is 0.915. The molecule has 0 atom stereocenters. The summed E-state index contributed by atoms with van der Waals surface area (Å²) in [6.45, 7) is 2.38. The van der Waals surface area contributed by atoms with Gasteiger partial charge in [-0.15, -0.1) is 0 Å². The first-order chi connectivity index (χ1) is 9.16. The van der Waals surface area contributed by atoms with Crippen LogP contribution in [0.5, 0.6) is 0 Å². The van der Waals surface area contributed by atoms with E-state index in [-0.39, 0.29) is 11.7 Å². The van der Waals surface area contributed by atoms with E-state index in [9.17, 15) is 9.18 Å². The second kappa shape index (κ2) is 6.09. The molecule has 0 aliphatic carbocycles. The van der Waals surface area contributed by atoms with E-state index in [2.05, 4.69) is 10.3 Å². The molecule has 1 amide bonds. The van der Waals surface area contributed by atoms with Crippen molar-refractivity contribution in [2.45, 2.75) is 13.3 Å². The zero-order chi connectivity index (χ0) is 13.7. The highest BCUT2D eigenvalue weighted by molar-refractivity contribution is 5.95. The van der Waals surface area contributed by atoms with Gasteiger partial charge in [0.15, 0.2) is 0 Å². The number of aromatic nitrogens is 1. The molecule has 0 spiro atoms. The van der Waals surface area contributed by atoms with E-state index in [4.69, 9.17) is 0 Å². The molecule has 2 aromatic rings. The van der Waals surface area contributed by atoms with Gasteiger partial charge in [0.25, 0.3) is 5.91 Å². The number of hydrogen-bond acceptors (Lipinski definition) is 2. The lowest BCUT2D eigenvalue weighted by molar-refractivity contribution is 0.0953. The number of amides is 1. The Morgan fingerprint density at radius 3 is 2.68 bits per heavy atom. The van der Waals surface area contributed by atoms with Crippen molar-refractivity contribution in [3.05, 3.63) is 65.2 Å². The Balaban J connectivity index is 1.88. The van der Waals surface area contributed by atoms with E-state index in [1.165, 1.54) is 12.1 Å². The van der Waals surface area contributed by atoms with Crippen molar-refractivity contribution >= 4 is 5.91 Å². The highest BCUT2D eigenvalue weighted by Crippen LogP contribution is 2.05. The Kier molecular flexibility index (Phi) is 4.23. The van der Waals surface area contributed by atoms with Crippen LogP contribution in [0.3, 0.4) is 0 Å². The van der Waals surface area contributed by atoms with Crippen molar-refractivity contribution in [2.75, 3.05) is 6.54 Å². The van der Waals surface area contributed by atoms with Crippen molar-refractivity contribution < 1.29 is 9.18 Å². The molecule has 1 aromatic carbocycles. The van der Waals surface area contributed by atoms with Crippen molar-refractivity contribution in [3.8, 4) is 0 Å². The smallest absolute Gasteiger partial charge is 0.253 e. The number of pyridine rings is 1. The minimum absolute atomic E-state index is 0.132. The number of benzene rings is 1. The summed E-state index contributed by atoms with van der Waals surface area (Å²) in [5.74, 6) is -0.383. The molecule has 0 saturated heterocycles. The second-order valence-corrected chi connectivity index (χ2v) is 4.32. The van der Waals surface area contributed by atoms with Crippen LogP contribution in [-0.2, 0) is 6.42 Å². The maximum absolute atomic E-state index is 12.7. The summed E-state index contributed by atoms with van der Waals surface area (Å²) in [4.78, 5) is 15.8. The molecule has 2 rings (SSSR count). The number of hydrogen-bond donors (Lipinski definition) is 1. The third kappa shape index (κ3) is 3.61. The minimum atomic E-state index is -0.251. The lowest BCUT2D eigenvalue weighted by atomic mass is 10.1. The zero-order valence-electron chi connectivity index (χ0n) is 10.7. The van der Waals surface area contributed by atoms with Crippen molar-refractivity contribution in [1.29, 1.82) is 0 Å². The third-order valence-corrected chi connectivity index (χ3v) is 2.90. The standard InChI is InChI=1S/C15H15FN2O/c1-11-6-8-17-10-14(11)15(19)18-9-7-12-2-4-13(16)5-3-12/h2-6,8,10H,7,9H2,1H3,(H,18,19). The second-order valence-electron chi connectivity index (χ2n) is 4.32. The number of rotatable bonds is 4. The van der Waals surface area contributed by atoms with E-state index in [1.807, 2.05) is 6.92 Å². The summed E-state index contributed by atoms with van der Waals surface area (Å²) < 4.78 is 12.7. The average Bonchev–Trinajstić information content (AvgIpc) is 2.41. The van der Waals surface area contributed by atoms with E-state index < -0.39 is 0 Å². The predicted molar refractivity (Wildman–Crippen MR) is 71.4 cm³/mol. The van der Waals surface area contributed by atoms with Gasteiger partial charge in [-0.1, -0.05) is 12.1 Å². The first kappa shape index (κ1) is 13.2.